The van der Waals surface area contributed by atoms with Gasteiger partial charge >= 0.3 is 0 Å². The summed E-state index contributed by atoms with van der Waals surface area (Å²) in [5.74, 6) is 0. The minimum absolute atomic E-state index is 0.568. The van der Waals surface area contributed by atoms with Crippen molar-refractivity contribution in [2.75, 3.05) is 13.1 Å². The minimum Gasteiger partial charge on any atom is -0.316 e. The smallest absolute Gasteiger partial charge is 0.0968 e. The molecule has 15 heavy (non-hydrogen) atoms. The monoisotopic (exact) mass is 224 g/mol. The van der Waals surface area contributed by atoms with Crippen LogP contribution >= 0.6 is 11.8 Å². The number of pyridine rings is 1. The Balaban J connectivity index is 2.56. The van der Waals surface area contributed by atoms with Crippen LogP contribution in [-0.4, -0.2) is 23.3 Å². The SMILES string of the molecule is CCNCC(C)Sc1cc(C)cc(C)n1. The van der Waals surface area contributed by atoms with E-state index in [9.17, 15) is 0 Å². The van der Waals surface area contributed by atoms with Crippen molar-refractivity contribution in [1.29, 1.82) is 0 Å². The van der Waals surface area contributed by atoms with Gasteiger partial charge in [0.25, 0.3) is 0 Å². The molecule has 0 fully saturated rings. The third kappa shape index (κ3) is 4.67. The number of rotatable bonds is 5. The topological polar surface area (TPSA) is 24.9 Å². The van der Waals surface area contributed by atoms with E-state index >= 15 is 0 Å². The van der Waals surface area contributed by atoms with Crippen LogP contribution in [0.4, 0.5) is 0 Å². The molecule has 3 heteroatoms. The van der Waals surface area contributed by atoms with Gasteiger partial charge in [-0.25, -0.2) is 4.98 Å². The molecule has 1 N–H and O–H groups in total. The zero-order valence-electron chi connectivity index (χ0n) is 10.0. The molecule has 0 amide bonds. The summed E-state index contributed by atoms with van der Waals surface area (Å²) in [7, 11) is 0. The van der Waals surface area contributed by atoms with Gasteiger partial charge in [0.2, 0.25) is 0 Å². The highest BCUT2D eigenvalue weighted by Gasteiger charge is 2.05. The molecular formula is C12H20N2S. The maximum absolute atomic E-state index is 4.52. The minimum atomic E-state index is 0.568. The van der Waals surface area contributed by atoms with Crippen molar-refractivity contribution in [3.8, 4) is 0 Å². The van der Waals surface area contributed by atoms with Gasteiger partial charge in [-0.2, -0.15) is 0 Å². The first-order valence-corrected chi connectivity index (χ1v) is 6.32. The number of aryl methyl sites for hydroxylation is 2. The van der Waals surface area contributed by atoms with E-state index in [0.29, 0.717) is 5.25 Å². The summed E-state index contributed by atoms with van der Waals surface area (Å²) >= 11 is 1.84. The highest BCUT2D eigenvalue weighted by atomic mass is 32.2. The second-order valence-electron chi connectivity index (χ2n) is 3.86. The second-order valence-corrected chi connectivity index (χ2v) is 5.32. The van der Waals surface area contributed by atoms with Gasteiger partial charge in [0.15, 0.2) is 0 Å². The molecule has 0 aromatic carbocycles. The summed E-state index contributed by atoms with van der Waals surface area (Å²) in [6.07, 6.45) is 0. The quantitative estimate of drug-likeness (QED) is 0.779. The highest BCUT2D eigenvalue weighted by molar-refractivity contribution is 7.99. The van der Waals surface area contributed by atoms with E-state index in [-0.39, 0.29) is 0 Å². The fourth-order valence-electron chi connectivity index (χ4n) is 1.46. The lowest BCUT2D eigenvalue weighted by Gasteiger charge is -2.11. The molecule has 0 saturated carbocycles. The molecule has 1 heterocycles. The van der Waals surface area contributed by atoms with E-state index in [4.69, 9.17) is 0 Å². The number of hydrogen-bond acceptors (Lipinski definition) is 3. The Morgan fingerprint density at radius 2 is 2.13 bits per heavy atom. The lowest BCUT2D eigenvalue weighted by atomic mass is 10.3. The molecule has 1 atom stereocenters. The maximum atomic E-state index is 4.52. The number of nitrogens with zero attached hydrogens (tertiary/aromatic N) is 1. The molecule has 1 aromatic heterocycles. The lowest BCUT2D eigenvalue weighted by Crippen LogP contribution is -2.22. The molecular weight excluding hydrogens is 204 g/mol. The molecule has 1 rings (SSSR count). The molecule has 0 aliphatic heterocycles. The Morgan fingerprint density at radius 1 is 1.40 bits per heavy atom. The second kappa shape index (κ2) is 6.13. The summed E-state index contributed by atoms with van der Waals surface area (Å²) in [6.45, 7) is 10.6. The van der Waals surface area contributed by atoms with Crippen LogP contribution in [0.1, 0.15) is 25.1 Å². The van der Waals surface area contributed by atoms with Crippen molar-refractivity contribution in [2.24, 2.45) is 0 Å². The van der Waals surface area contributed by atoms with Crippen molar-refractivity contribution in [1.82, 2.24) is 10.3 Å². The molecule has 0 bridgehead atoms. The van der Waals surface area contributed by atoms with Crippen LogP contribution in [0.15, 0.2) is 17.2 Å². The zero-order valence-corrected chi connectivity index (χ0v) is 10.8. The Morgan fingerprint density at radius 3 is 2.73 bits per heavy atom. The van der Waals surface area contributed by atoms with Crippen molar-refractivity contribution in [2.45, 2.75) is 38.0 Å². The van der Waals surface area contributed by atoms with E-state index in [1.807, 2.05) is 18.7 Å². The fourth-order valence-corrected chi connectivity index (χ4v) is 2.52. The van der Waals surface area contributed by atoms with Crippen molar-refractivity contribution < 1.29 is 0 Å². The van der Waals surface area contributed by atoms with Crippen LogP contribution in [0.5, 0.6) is 0 Å². The van der Waals surface area contributed by atoms with Gasteiger partial charge in [-0.1, -0.05) is 13.8 Å². The van der Waals surface area contributed by atoms with Crippen LogP contribution in [0.2, 0.25) is 0 Å². The van der Waals surface area contributed by atoms with Gasteiger partial charge in [-0.05, 0) is 38.1 Å². The predicted octanol–water partition coefficient (Wildman–Crippen LogP) is 2.79. The fraction of sp³-hybridized carbons (Fsp3) is 0.583. The Kier molecular flexibility index (Phi) is 5.12. The first kappa shape index (κ1) is 12.5. The molecule has 1 unspecified atom stereocenters. The van der Waals surface area contributed by atoms with Gasteiger partial charge in [-0.3, -0.25) is 0 Å². The maximum Gasteiger partial charge on any atom is 0.0968 e. The first-order chi connectivity index (χ1) is 7.11. The third-order valence-electron chi connectivity index (χ3n) is 2.08. The average molecular weight is 224 g/mol. The van der Waals surface area contributed by atoms with Crippen LogP contribution in [0.25, 0.3) is 0 Å². The van der Waals surface area contributed by atoms with Crippen LogP contribution in [0, 0.1) is 13.8 Å². The highest BCUT2D eigenvalue weighted by Crippen LogP contribution is 2.22. The zero-order chi connectivity index (χ0) is 11.3. The molecule has 1 aromatic rings. The molecule has 2 nitrogen and oxygen atoms in total. The van der Waals surface area contributed by atoms with Crippen molar-refractivity contribution in [3.05, 3.63) is 23.4 Å². The van der Waals surface area contributed by atoms with E-state index in [1.165, 1.54) is 5.56 Å². The van der Waals surface area contributed by atoms with E-state index < -0.39 is 0 Å². The summed E-state index contributed by atoms with van der Waals surface area (Å²) < 4.78 is 0. The Bertz CT molecular complexity index is 292. The standard InChI is InChI=1S/C12H20N2S/c1-5-13-8-11(4)15-12-7-9(2)6-10(3)14-12/h6-7,11,13H,5,8H2,1-4H3. The van der Waals surface area contributed by atoms with Crippen LogP contribution in [0.3, 0.4) is 0 Å². The molecule has 0 saturated heterocycles. The third-order valence-corrected chi connectivity index (χ3v) is 3.10. The molecule has 0 spiro atoms. The molecule has 0 aliphatic carbocycles. The van der Waals surface area contributed by atoms with E-state index in [1.54, 1.807) is 0 Å². The Labute approximate surface area is 96.9 Å². The van der Waals surface area contributed by atoms with Crippen molar-refractivity contribution in [3.63, 3.8) is 0 Å². The summed E-state index contributed by atoms with van der Waals surface area (Å²) in [5, 5.41) is 5.05. The van der Waals surface area contributed by atoms with Gasteiger partial charge < -0.3 is 5.32 Å². The van der Waals surface area contributed by atoms with Gasteiger partial charge in [0, 0.05) is 17.5 Å². The summed E-state index contributed by atoms with van der Waals surface area (Å²) in [4.78, 5) is 4.52. The number of aromatic nitrogens is 1. The Hall–Kier alpha value is -0.540. The van der Waals surface area contributed by atoms with Gasteiger partial charge in [0.1, 0.15) is 0 Å². The lowest BCUT2D eigenvalue weighted by molar-refractivity contribution is 0.712. The molecule has 84 valence electrons. The van der Waals surface area contributed by atoms with E-state index in [0.717, 1.165) is 23.8 Å². The van der Waals surface area contributed by atoms with Crippen molar-refractivity contribution >= 4 is 11.8 Å². The molecule has 0 radical (unpaired) electrons. The summed E-state index contributed by atoms with van der Waals surface area (Å²) in [5.41, 5.74) is 2.40. The largest absolute Gasteiger partial charge is 0.316 e. The first-order valence-electron chi connectivity index (χ1n) is 5.44. The molecule has 0 aliphatic rings. The normalized spacial score (nSPS) is 12.8. The van der Waals surface area contributed by atoms with Gasteiger partial charge in [0.05, 0.1) is 5.03 Å². The number of nitrogens with one attached hydrogen (secondary N) is 1. The van der Waals surface area contributed by atoms with Gasteiger partial charge in [-0.15, -0.1) is 11.8 Å². The van der Waals surface area contributed by atoms with E-state index in [2.05, 4.69) is 43.2 Å². The van der Waals surface area contributed by atoms with Crippen LogP contribution < -0.4 is 5.32 Å². The number of hydrogen-bond donors (Lipinski definition) is 1. The predicted molar refractivity (Wildman–Crippen MR) is 67.6 cm³/mol. The summed E-state index contributed by atoms with van der Waals surface area (Å²) in [6, 6.07) is 4.26. The van der Waals surface area contributed by atoms with Crippen LogP contribution in [-0.2, 0) is 0 Å². The number of thioether (sulfide) groups is 1. The average Bonchev–Trinajstić information content (AvgIpc) is 2.13.